The molecule has 3 heteroatoms. The second-order valence-electron chi connectivity index (χ2n) is 18.0. The van der Waals surface area contributed by atoms with E-state index in [1.807, 2.05) is 55.5 Å². The third kappa shape index (κ3) is 15.2. The zero-order chi connectivity index (χ0) is 49.5. The quantitative estimate of drug-likeness (QED) is 0.0491. The summed E-state index contributed by atoms with van der Waals surface area (Å²) in [6.07, 6.45) is 16.9. The molecule has 0 aliphatic heterocycles. The number of hydrogen-bond donors (Lipinski definition) is 1. The molecule has 0 aromatic heterocycles. The van der Waals surface area contributed by atoms with Gasteiger partial charge in [-0.2, -0.15) is 0 Å². The van der Waals surface area contributed by atoms with Crippen LogP contribution in [-0.4, -0.2) is 11.5 Å². The number of nitrogens with zero attached hydrogens (tertiary/aromatic N) is 2. The number of nitrogens with two attached hydrogens (primary N) is 1. The van der Waals surface area contributed by atoms with E-state index in [1.54, 1.807) is 0 Å². The normalized spacial score (nSPS) is 13.2. The van der Waals surface area contributed by atoms with Crippen molar-refractivity contribution in [1.82, 2.24) is 0 Å². The van der Waals surface area contributed by atoms with Crippen molar-refractivity contribution in [2.75, 3.05) is 0 Å². The van der Waals surface area contributed by atoms with Crippen molar-refractivity contribution in [3.63, 3.8) is 0 Å². The Bertz CT molecular complexity index is 2770. The first-order valence-corrected chi connectivity index (χ1v) is 25.3. The van der Waals surface area contributed by atoms with Gasteiger partial charge in [-0.3, -0.25) is 0 Å². The molecule has 69 heavy (non-hydrogen) atoms. The highest BCUT2D eigenvalue weighted by Crippen LogP contribution is 2.37. The molecular weight excluding hydrogens is 835 g/mol. The van der Waals surface area contributed by atoms with E-state index in [0.29, 0.717) is 24.0 Å². The minimum absolute atomic E-state index is 0.398. The van der Waals surface area contributed by atoms with Gasteiger partial charge in [0.2, 0.25) is 0 Å². The van der Waals surface area contributed by atoms with Crippen LogP contribution in [0, 0.1) is 6.92 Å². The van der Waals surface area contributed by atoms with Crippen LogP contribution in [0.15, 0.2) is 198 Å². The monoisotopic (exact) mass is 912 g/mol. The lowest BCUT2D eigenvalue weighted by atomic mass is 9.83. The summed E-state index contributed by atoms with van der Waals surface area (Å²) < 4.78 is 0. The molecule has 0 aliphatic carbocycles. The Balaban J connectivity index is 0.00000213. The number of rotatable bonds is 19. The molecule has 6 rings (SSSR count). The first-order chi connectivity index (χ1) is 33.6. The third-order valence-electron chi connectivity index (χ3n) is 12.8. The number of unbranched alkanes of at least 4 members (excludes halogenated alkanes) is 2. The van der Waals surface area contributed by atoms with Crippen molar-refractivity contribution in [2.45, 2.75) is 120 Å². The molecule has 1 atom stereocenters. The van der Waals surface area contributed by atoms with Crippen LogP contribution in [0.2, 0.25) is 0 Å². The minimum Gasteiger partial charge on any atom is -0.326 e. The largest absolute Gasteiger partial charge is 0.326 e. The lowest BCUT2D eigenvalue weighted by molar-refractivity contribution is 0.671. The number of aryl methyl sites for hydroxylation is 2. The highest BCUT2D eigenvalue weighted by molar-refractivity contribution is 6.13. The van der Waals surface area contributed by atoms with E-state index < -0.39 is 0 Å². The van der Waals surface area contributed by atoms with Crippen molar-refractivity contribution < 1.29 is 0 Å². The van der Waals surface area contributed by atoms with Gasteiger partial charge < -0.3 is 5.73 Å². The molecule has 0 saturated heterocycles. The fraction of sp³-hybridized carbons (Fsp3) is 0.273. The maximum Gasteiger partial charge on any atom is 0.160 e. The van der Waals surface area contributed by atoms with E-state index in [4.69, 9.17) is 15.7 Å². The average molecular weight is 912 g/mol. The van der Waals surface area contributed by atoms with Gasteiger partial charge >= 0.3 is 0 Å². The van der Waals surface area contributed by atoms with E-state index in [9.17, 15) is 0 Å². The van der Waals surface area contributed by atoms with Crippen molar-refractivity contribution in [3.8, 4) is 0 Å². The van der Waals surface area contributed by atoms with Gasteiger partial charge in [-0.1, -0.05) is 217 Å². The molecule has 6 aromatic rings. The number of benzene rings is 6. The number of allylic oxidation sites excluding steroid dienone is 7. The summed E-state index contributed by atoms with van der Waals surface area (Å²) in [6.45, 7) is 24.8. The maximum absolute atomic E-state index is 6.18. The average Bonchev–Trinajstić information content (AvgIpc) is 3.39. The first-order valence-electron chi connectivity index (χ1n) is 25.3. The van der Waals surface area contributed by atoms with Crippen molar-refractivity contribution in [2.24, 2.45) is 15.7 Å². The predicted molar refractivity (Wildman–Crippen MR) is 304 cm³/mol. The second kappa shape index (κ2) is 28.0. The first kappa shape index (κ1) is 53.3. The Morgan fingerprint density at radius 2 is 1.23 bits per heavy atom. The molecule has 1 unspecified atom stereocenters. The Labute approximate surface area is 416 Å². The molecule has 0 saturated carbocycles. The Kier molecular flexibility index (Phi) is 21.6. The second-order valence-corrected chi connectivity index (χ2v) is 18.0. The Hall–Kier alpha value is -6.68. The van der Waals surface area contributed by atoms with E-state index >= 15 is 0 Å². The summed E-state index contributed by atoms with van der Waals surface area (Å²) in [7, 11) is 0. The molecule has 2 N–H and O–H groups in total. The molecule has 0 fully saturated rings. The topological polar surface area (TPSA) is 50.7 Å². The van der Waals surface area contributed by atoms with Crippen LogP contribution in [0.3, 0.4) is 0 Å². The van der Waals surface area contributed by atoms with Gasteiger partial charge in [0.15, 0.2) is 5.84 Å². The van der Waals surface area contributed by atoms with E-state index in [-0.39, 0.29) is 0 Å². The van der Waals surface area contributed by atoms with E-state index in [0.717, 1.165) is 71.2 Å². The third-order valence-corrected chi connectivity index (χ3v) is 12.8. The zero-order valence-electron chi connectivity index (χ0n) is 43.2. The number of hydrogen-bond acceptors (Lipinski definition) is 2. The molecule has 0 aliphatic rings. The highest BCUT2D eigenvalue weighted by atomic mass is 14.9. The van der Waals surface area contributed by atoms with Gasteiger partial charge in [0, 0.05) is 17.8 Å². The Morgan fingerprint density at radius 3 is 1.88 bits per heavy atom. The highest BCUT2D eigenvalue weighted by Gasteiger charge is 2.19. The molecule has 0 bridgehead atoms. The molecule has 6 aromatic carbocycles. The summed E-state index contributed by atoms with van der Waals surface area (Å²) in [5, 5.41) is 0. The zero-order valence-corrected chi connectivity index (χ0v) is 43.2. The van der Waals surface area contributed by atoms with Gasteiger partial charge in [-0.05, 0) is 157 Å². The minimum atomic E-state index is 0.398. The van der Waals surface area contributed by atoms with Crippen molar-refractivity contribution in [3.05, 3.63) is 249 Å². The van der Waals surface area contributed by atoms with Crippen LogP contribution in [0.5, 0.6) is 0 Å². The van der Waals surface area contributed by atoms with Crippen molar-refractivity contribution >= 4 is 34.0 Å². The number of aliphatic imine (C=N–C) groups is 2. The predicted octanol–water partition coefficient (Wildman–Crippen LogP) is 18.0. The lowest BCUT2D eigenvalue weighted by Gasteiger charge is -2.21. The van der Waals surface area contributed by atoms with Gasteiger partial charge in [0.05, 0.1) is 5.70 Å². The van der Waals surface area contributed by atoms with Crippen molar-refractivity contribution in [1.29, 1.82) is 0 Å². The summed E-state index contributed by atoms with van der Waals surface area (Å²) in [5.74, 6) is 1.02. The molecule has 0 radical (unpaired) electrons. The van der Waals surface area contributed by atoms with E-state index in [2.05, 4.69) is 189 Å². The van der Waals surface area contributed by atoms with Gasteiger partial charge in [-0.25, -0.2) is 9.98 Å². The smallest absolute Gasteiger partial charge is 0.160 e. The van der Waals surface area contributed by atoms with Crippen LogP contribution in [0.25, 0.3) is 22.4 Å². The van der Waals surface area contributed by atoms with E-state index in [1.165, 1.54) is 62.9 Å². The van der Waals surface area contributed by atoms with Crippen LogP contribution in [0.1, 0.15) is 161 Å². The molecule has 0 amide bonds. The van der Waals surface area contributed by atoms with Gasteiger partial charge in [0.1, 0.15) is 0 Å². The lowest BCUT2D eigenvalue weighted by Crippen LogP contribution is -2.06. The molecule has 0 spiro atoms. The standard InChI is InChI=1S/C62H67N3.C4H10/c1-9-12-25-46(6)61(59-35-22-19-30-52(59)38-36-44(4)58-34-21-20-31-57(58)43-63)60-42-55(39-37-45(60)5)53(24-10-2)40-49(11-3)54-32-23-33-56(41-54)62(64-47(7)50-26-15-13-16-27-50)65-48(8)51-28-17-14-18-29-51;1-3-4-2/h10-11,13-24,26-35,37,39-42,44H,7,9,12,25,36,38,43,63H2,1-6,8H3;3-4H2,1-2H3/b24-10-,49-11+,53-40+,61-46-,64-62?,65-48?;. The summed E-state index contributed by atoms with van der Waals surface area (Å²) in [5.41, 5.74) is 25.8. The fourth-order valence-corrected chi connectivity index (χ4v) is 8.58. The maximum atomic E-state index is 6.18. The molecular formula is C66H77N3. The number of amidine groups is 1. The SMILES string of the molecule is C=C(N=C(N=C(C)c1ccccc1)c1cccc(C(/C=C(\C=C/C)c2ccc(C)c(/C(=C(/C)CCCC)c3ccccc3CCC(C)c3ccccc3CN)c2)=C/C)c1)c1ccccc1.CCCC. The summed E-state index contributed by atoms with van der Waals surface area (Å²) in [4.78, 5) is 10.2. The Morgan fingerprint density at radius 1 is 0.623 bits per heavy atom. The fourth-order valence-electron chi connectivity index (χ4n) is 8.58. The summed E-state index contributed by atoms with van der Waals surface area (Å²) >= 11 is 0. The molecule has 3 nitrogen and oxygen atoms in total. The van der Waals surface area contributed by atoms with Gasteiger partial charge in [0.25, 0.3) is 0 Å². The molecule has 0 heterocycles. The van der Waals surface area contributed by atoms with Crippen LogP contribution in [-0.2, 0) is 13.0 Å². The summed E-state index contributed by atoms with van der Waals surface area (Å²) in [6, 6.07) is 53.6. The van der Waals surface area contributed by atoms with Gasteiger partial charge in [-0.15, -0.1) is 0 Å². The van der Waals surface area contributed by atoms with Crippen LogP contribution in [0.4, 0.5) is 0 Å². The van der Waals surface area contributed by atoms with Crippen LogP contribution >= 0.6 is 0 Å². The molecule has 356 valence electrons. The van der Waals surface area contributed by atoms with Crippen LogP contribution < -0.4 is 5.73 Å².